The molecule has 20 heavy (non-hydrogen) atoms. The van der Waals surface area contributed by atoms with Crippen LogP contribution in [0.1, 0.15) is 38.3 Å². The first-order valence-electron chi connectivity index (χ1n) is 7.01. The molecule has 0 unspecified atom stereocenters. The number of carboxylic acids is 1. The van der Waals surface area contributed by atoms with Crippen LogP contribution in [0.4, 0.5) is 0 Å². The van der Waals surface area contributed by atoms with Gasteiger partial charge in [0.15, 0.2) is 0 Å². The zero-order valence-corrected chi connectivity index (χ0v) is 11.7. The van der Waals surface area contributed by atoms with Gasteiger partial charge in [0, 0.05) is 18.5 Å². The maximum absolute atomic E-state index is 10.7. The SMILES string of the molecule is CCCCCCOc1ccn2c(CC(=O)O)cnc2c1. The lowest BCUT2D eigenvalue weighted by molar-refractivity contribution is -0.136. The molecule has 5 nitrogen and oxygen atoms in total. The summed E-state index contributed by atoms with van der Waals surface area (Å²) in [5.74, 6) is -0.0791. The number of pyridine rings is 1. The molecule has 0 fully saturated rings. The summed E-state index contributed by atoms with van der Waals surface area (Å²) in [7, 11) is 0. The fourth-order valence-electron chi connectivity index (χ4n) is 2.11. The maximum Gasteiger partial charge on any atom is 0.309 e. The van der Waals surface area contributed by atoms with Crippen molar-refractivity contribution in [1.82, 2.24) is 9.38 Å². The van der Waals surface area contributed by atoms with Crippen LogP contribution < -0.4 is 4.74 Å². The fraction of sp³-hybridized carbons (Fsp3) is 0.467. The topological polar surface area (TPSA) is 63.8 Å². The predicted molar refractivity (Wildman–Crippen MR) is 76.2 cm³/mol. The zero-order chi connectivity index (χ0) is 14.4. The smallest absolute Gasteiger partial charge is 0.309 e. The van der Waals surface area contributed by atoms with E-state index in [0.29, 0.717) is 17.9 Å². The molecule has 2 aromatic heterocycles. The van der Waals surface area contributed by atoms with E-state index in [4.69, 9.17) is 9.84 Å². The zero-order valence-electron chi connectivity index (χ0n) is 11.7. The highest BCUT2D eigenvalue weighted by atomic mass is 16.5. The third-order valence-corrected chi connectivity index (χ3v) is 3.16. The van der Waals surface area contributed by atoms with Crippen LogP contribution in [-0.2, 0) is 11.2 Å². The third kappa shape index (κ3) is 3.73. The third-order valence-electron chi connectivity index (χ3n) is 3.16. The maximum atomic E-state index is 10.7. The van der Waals surface area contributed by atoms with Crippen LogP contribution in [0.25, 0.3) is 5.65 Å². The molecule has 0 amide bonds. The van der Waals surface area contributed by atoms with Gasteiger partial charge < -0.3 is 14.2 Å². The van der Waals surface area contributed by atoms with Crippen LogP contribution in [-0.4, -0.2) is 27.1 Å². The van der Waals surface area contributed by atoms with Crippen molar-refractivity contribution in [3.05, 3.63) is 30.2 Å². The van der Waals surface area contributed by atoms with Crippen LogP contribution in [0.2, 0.25) is 0 Å². The summed E-state index contributed by atoms with van der Waals surface area (Å²) >= 11 is 0. The molecule has 2 rings (SSSR count). The molecule has 0 saturated carbocycles. The average Bonchev–Trinajstić information content (AvgIpc) is 2.80. The number of aliphatic carboxylic acids is 1. The van der Waals surface area contributed by atoms with Crippen LogP contribution in [0.15, 0.2) is 24.5 Å². The largest absolute Gasteiger partial charge is 0.493 e. The molecule has 0 aliphatic rings. The van der Waals surface area contributed by atoms with Crippen molar-refractivity contribution in [3.63, 3.8) is 0 Å². The molecule has 2 heterocycles. The van der Waals surface area contributed by atoms with Crippen molar-refractivity contribution in [2.45, 2.75) is 39.0 Å². The molecule has 0 aliphatic carbocycles. The number of imidazole rings is 1. The van der Waals surface area contributed by atoms with Gasteiger partial charge in [-0.1, -0.05) is 26.2 Å². The summed E-state index contributed by atoms with van der Waals surface area (Å²) in [5.41, 5.74) is 1.38. The van der Waals surface area contributed by atoms with E-state index in [1.165, 1.54) is 19.3 Å². The highest BCUT2D eigenvalue weighted by molar-refractivity contribution is 5.70. The lowest BCUT2D eigenvalue weighted by atomic mass is 10.2. The number of hydrogen-bond acceptors (Lipinski definition) is 3. The van der Waals surface area contributed by atoms with E-state index in [1.54, 1.807) is 10.6 Å². The van der Waals surface area contributed by atoms with E-state index in [2.05, 4.69) is 11.9 Å². The quantitative estimate of drug-likeness (QED) is 0.753. The Kier molecular flexibility index (Phi) is 4.98. The van der Waals surface area contributed by atoms with Crippen LogP contribution in [0.3, 0.4) is 0 Å². The van der Waals surface area contributed by atoms with Crippen LogP contribution in [0, 0.1) is 0 Å². The number of fused-ring (bicyclic) bond motifs is 1. The van der Waals surface area contributed by atoms with E-state index >= 15 is 0 Å². The summed E-state index contributed by atoms with van der Waals surface area (Å²) in [6, 6.07) is 3.69. The van der Waals surface area contributed by atoms with Crippen molar-refractivity contribution < 1.29 is 14.6 Å². The number of nitrogens with zero attached hydrogens (tertiary/aromatic N) is 2. The summed E-state index contributed by atoms with van der Waals surface area (Å²) in [5, 5.41) is 8.82. The minimum atomic E-state index is -0.858. The molecule has 5 heteroatoms. The number of carboxylic acid groups (broad SMARTS) is 1. The summed E-state index contributed by atoms with van der Waals surface area (Å²) in [4.78, 5) is 14.9. The molecule has 0 aliphatic heterocycles. The first-order chi connectivity index (χ1) is 9.70. The standard InChI is InChI=1S/C15H20N2O3/c1-2-3-4-5-8-20-13-6-7-17-12(9-15(18)19)11-16-14(17)10-13/h6-7,10-11H,2-5,8-9H2,1H3,(H,18,19). The number of aromatic nitrogens is 2. The molecular formula is C15H20N2O3. The van der Waals surface area contributed by atoms with Crippen molar-refractivity contribution in [1.29, 1.82) is 0 Å². The lowest BCUT2D eigenvalue weighted by Crippen LogP contribution is -2.03. The number of hydrogen-bond donors (Lipinski definition) is 1. The molecular weight excluding hydrogens is 256 g/mol. The minimum absolute atomic E-state index is 0.0294. The van der Waals surface area contributed by atoms with Gasteiger partial charge >= 0.3 is 5.97 Å². The van der Waals surface area contributed by atoms with Gasteiger partial charge in [0.1, 0.15) is 11.4 Å². The molecule has 0 saturated heterocycles. The van der Waals surface area contributed by atoms with Crippen molar-refractivity contribution in [2.24, 2.45) is 0 Å². The van der Waals surface area contributed by atoms with E-state index < -0.39 is 5.97 Å². The van der Waals surface area contributed by atoms with Gasteiger partial charge in [0.25, 0.3) is 0 Å². The first-order valence-corrected chi connectivity index (χ1v) is 7.01. The Morgan fingerprint density at radius 2 is 2.25 bits per heavy atom. The first kappa shape index (κ1) is 14.4. The molecule has 2 aromatic rings. The summed E-state index contributed by atoms with van der Waals surface area (Å²) in [6.07, 6.45) is 8.06. The average molecular weight is 276 g/mol. The Bertz CT molecular complexity index is 578. The highest BCUT2D eigenvalue weighted by Crippen LogP contribution is 2.16. The Morgan fingerprint density at radius 3 is 3.00 bits per heavy atom. The van der Waals surface area contributed by atoms with Gasteiger partial charge in [-0.25, -0.2) is 4.98 Å². The summed E-state index contributed by atoms with van der Waals surface area (Å²) < 4.78 is 7.46. The Hall–Kier alpha value is -2.04. The van der Waals surface area contributed by atoms with E-state index in [9.17, 15) is 4.79 Å². The van der Waals surface area contributed by atoms with Gasteiger partial charge in [0.05, 0.1) is 18.7 Å². The van der Waals surface area contributed by atoms with Gasteiger partial charge in [-0.15, -0.1) is 0 Å². The van der Waals surface area contributed by atoms with Gasteiger partial charge in [0.2, 0.25) is 0 Å². The van der Waals surface area contributed by atoms with Crippen molar-refractivity contribution in [2.75, 3.05) is 6.61 Å². The Labute approximate surface area is 118 Å². The highest BCUT2D eigenvalue weighted by Gasteiger charge is 2.08. The van der Waals surface area contributed by atoms with Crippen molar-refractivity contribution >= 4 is 11.6 Å². The van der Waals surface area contributed by atoms with Gasteiger partial charge in [-0.3, -0.25) is 4.79 Å². The normalized spacial score (nSPS) is 10.8. The molecule has 1 N–H and O–H groups in total. The number of rotatable bonds is 8. The van der Waals surface area contributed by atoms with Gasteiger partial charge in [-0.2, -0.15) is 0 Å². The Balaban J connectivity index is 1.97. The number of ether oxygens (including phenoxy) is 1. The van der Waals surface area contributed by atoms with Crippen LogP contribution in [0.5, 0.6) is 5.75 Å². The van der Waals surface area contributed by atoms with Crippen LogP contribution >= 0.6 is 0 Å². The molecule has 0 bridgehead atoms. The number of carbonyl (C=O) groups is 1. The van der Waals surface area contributed by atoms with E-state index in [-0.39, 0.29) is 6.42 Å². The summed E-state index contributed by atoms with van der Waals surface area (Å²) in [6.45, 7) is 2.89. The molecule has 0 atom stereocenters. The second-order valence-electron chi connectivity index (χ2n) is 4.82. The molecule has 0 aromatic carbocycles. The predicted octanol–water partition coefficient (Wildman–Crippen LogP) is 2.92. The Morgan fingerprint density at radius 1 is 1.40 bits per heavy atom. The van der Waals surface area contributed by atoms with Gasteiger partial charge in [-0.05, 0) is 12.5 Å². The monoisotopic (exact) mass is 276 g/mol. The number of unbranched alkanes of at least 4 members (excludes halogenated alkanes) is 3. The van der Waals surface area contributed by atoms with E-state index in [1.807, 2.05) is 18.3 Å². The molecule has 108 valence electrons. The molecule has 0 radical (unpaired) electrons. The van der Waals surface area contributed by atoms with Crippen molar-refractivity contribution in [3.8, 4) is 5.75 Å². The second-order valence-corrected chi connectivity index (χ2v) is 4.82. The van der Waals surface area contributed by atoms with E-state index in [0.717, 1.165) is 12.2 Å². The fourth-order valence-corrected chi connectivity index (χ4v) is 2.11. The minimum Gasteiger partial charge on any atom is -0.493 e. The lowest BCUT2D eigenvalue weighted by Gasteiger charge is -2.06. The second kappa shape index (κ2) is 6.93. The molecule has 0 spiro atoms.